The van der Waals surface area contributed by atoms with Crippen LogP contribution < -0.4 is 10.5 Å². The maximum Gasteiger partial charge on any atom is 0.276 e. The second-order valence-electron chi connectivity index (χ2n) is 5.63. The standard InChI is InChI=1S/C17H16FN5O2/c1-10-8-11(2)20-17(19-10)23-15(24)9-14(21-23)16(25)22(3)13-6-4-12(18)5-7-13/h4-9,21H,1-3H3. The van der Waals surface area contributed by atoms with Gasteiger partial charge < -0.3 is 4.90 Å². The average molecular weight is 341 g/mol. The number of aromatic amines is 1. The minimum atomic E-state index is -0.444. The van der Waals surface area contributed by atoms with Crippen LogP contribution in [-0.2, 0) is 0 Å². The largest absolute Gasteiger partial charge is 0.310 e. The molecule has 1 amide bonds. The third-order valence-electron chi connectivity index (χ3n) is 3.64. The lowest BCUT2D eigenvalue weighted by Gasteiger charge is -2.16. The van der Waals surface area contributed by atoms with Gasteiger partial charge in [-0.3, -0.25) is 14.7 Å². The fourth-order valence-electron chi connectivity index (χ4n) is 2.42. The van der Waals surface area contributed by atoms with E-state index in [0.717, 1.165) is 4.68 Å². The third-order valence-corrected chi connectivity index (χ3v) is 3.64. The molecule has 0 bridgehead atoms. The van der Waals surface area contributed by atoms with Crippen LogP contribution in [0.15, 0.2) is 41.2 Å². The average Bonchev–Trinajstić information content (AvgIpc) is 2.95. The number of halogens is 1. The Balaban J connectivity index is 1.95. The van der Waals surface area contributed by atoms with Crippen molar-refractivity contribution < 1.29 is 9.18 Å². The van der Waals surface area contributed by atoms with Crippen LogP contribution in [0.1, 0.15) is 21.9 Å². The monoisotopic (exact) mass is 341 g/mol. The van der Waals surface area contributed by atoms with Crippen molar-refractivity contribution in [3.8, 4) is 5.95 Å². The smallest absolute Gasteiger partial charge is 0.276 e. The predicted octanol–water partition coefficient (Wildman–Crippen LogP) is 1.99. The van der Waals surface area contributed by atoms with Gasteiger partial charge in [0, 0.05) is 30.2 Å². The maximum atomic E-state index is 13.0. The number of carbonyl (C=O) groups excluding carboxylic acids is 1. The molecule has 1 N–H and O–H groups in total. The van der Waals surface area contributed by atoms with Gasteiger partial charge in [0.05, 0.1) is 0 Å². The van der Waals surface area contributed by atoms with Gasteiger partial charge in [0.25, 0.3) is 17.4 Å². The highest BCUT2D eigenvalue weighted by atomic mass is 19.1. The van der Waals surface area contributed by atoms with E-state index in [0.29, 0.717) is 17.1 Å². The highest BCUT2D eigenvalue weighted by Crippen LogP contribution is 2.15. The van der Waals surface area contributed by atoms with Crippen molar-refractivity contribution >= 4 is 11.6 Å². The molecule has 1 aromatic carbocycles. The van der Waals surface area contributed by atoms with E-state index in [4.69, 9.17) is 0 Å². The van der Waals surface area contributed by atoms with Gasteiger partial charge in [-0.25, -0.2) is 14.4 Å². The summed E-state index contributed by atoms with van der Waals surface area (Å²) in [6, 6.07) is 8.45. The van der Waals surface area contributed by atoms with Gasteiger partial charge in [0.1, 0.15) is 11.5 Å². The van der Waals surface area contributed by atoms with Gasteiger partial charge in [0.2, 0.25) is 0 Å². The molecule has 0 atom stereocenters. The van der Waals surface area contributed by atoms with Crippen LogP contribution in [0.3, 0.4) is 0 Å². The Morgan fingerprint density at radius 2 is 1.72 bits per heavy atom. The molecule has 25 heavy (non-hydrogen) atoms. The van der Waals surface area contributed by atoms with Crippen molar-refractivity contribution in [1.29, 1.82) is 0 Å². The van der Waals surface area contributed by atoms with E-state index in [1.807, 2.05) is 0 Å². The first kappa shape index (κ1) is 16.6. The summed E-state index contributed by atoms with van der Waals surface area (Å²) in [6.45, 7) is 3.58. The summed E-state index contributed by atoms with van der Waals surface area (Å²) in [5.41, 5.74) is 1.56. The van der Waals surface area contributed by atoms with Crippen molar-refractivity contribution in [2.45, 2.75) is 13.8 Å². The zero-order valence-corrected chi connectivity index (χ0v) is 13.9. The molecule has 0 aliphatic rings. The van der Waals surface area contributed by atoms with Crippen molar-refractivity contribution in [2.24, 2.45) is 0 Å². The van der Waals surface area contributed by atoms with E-state index in [1.165, 1.54) is 35.2 Å². The Kier molecular flexibility index (Phi) is 4.18. The zero-order chi connectivity index (χ0) is 18.1. The number of nitrogens with zero attached hydrogens (tertiary/aromatic N) is 4. The molecule has 0 radical (unpaired) electrons. The molecule has 0 spiro atoms. The number of anilines is 1. The Morgan fingerprint density at radius 3 is 2.32 bits per heavy atom. The van der Waals surface area contributed by atoms with Gasteiger partial charge in [-0.1, -0.05) is 0 Å². The number of aromatic nitrogens is 4. The van der Waals surface area contributed by atoms with Crippen molar-refractivity contribution in [2.75, 3.05) is 11.9 Å². The van der Waals surface area contributed by atoms with E-state index >= 15 is 0 Å². The first-order chi connectivity index (χ1) is 11.8. The molecule has 3 aromatic rings. The molecule has 2 heterocycles. The Hall–Kier alpha value is -3.29. The number of nitrogens with one attached hydrogen (secondary N) is 1. The SMILES string of the molecule is Cc1cc(C)nc(-n2[nH]c(C(=O)N(C)c3ccc(F)cc3)cc2=O)n1. The van der Waals surface area contributed by atoms with Gasteiger partial charge in [0.15, 0.2) is 0 Å². The number of carbonyl (C=O) groups is 1. The quantitative estimate of drug-likeness (QED) is 0.790. The predicted molar refractivity (Wildman–Crippen MR) is 90.6 cm³/mol. The molecular weight excluding hydrogens is 325 g/mol. The first-order valence-electron chi connectivity index (χ1n) is 7.53. The molecule has 8 heteroatoms. The number of H-pyrrole nitrogens is 1. The second-order valence-corrected chi connectivity index (χ2v) is 5.63. The molecule has 2 aromatic heterocycles. The molecule has 3 rings (SSSR count). The molecule has 128 valence electrons. The second kappa shape index (κ2) is 6.31. The molecule has 0 saturated heterocycles. The lowest BCUT2D eigenvalue weighted by Crippen LogP contribution is -2.26. The van der Waals surface area contributed by atoms with Crippen LogP contribution >= 0.6 is 0 Å². The summed E-state index contributed by atoms with van der Waals surface area (Å²) in [4.78, 5) is 34.5. The number of hydrogen-bond acceptors (Lipinski definition) is 4. The van der Waals surface area contributed by atoms with E-state index < -0.39 is 17.3 Å². The Morgan fingerprint density at radius 1 is 1.12 bits per heavy atom. The fourth-order valence-corrected chi connectivity index (χ4v) is 2.42. The van der Waals surface area contributed by atoms with Crippen molar-refractivity contribution in [1.82, 2.24) is 19.7 Å². The molecule has 0 aliphatic heterocycles. The molecule has 0 aliphatic carbocycles. The van der Waals surface area contributed by atoms with Crippen LogP contribution in [0.25, 0.3) is 5.95 Å². The minimum Gasteiger partial charge on any atom is -0.310 e. The summed E-state index contributed by atoms with van der Waals surface area (Å²) in [5, 5.41) is 2.73. The van der Waals surface area contributed by atoms with E-state index in [9.17, 15) is 14.0 Å². The van der Waals surface area contributed by atoms with Crippen LogP contribution in [0, 0.1) is 19.7 Å². The number of amides is 1. The zero-order valence-electron chi connectivity index (χ0n) is 13.9. The Labute approximate surface area is 142 Å². The van der Waals surface area contributed by atoms with Crippen LogP contribution in [0.5, 0.6) is 0 Å². The van der Waals surface area contributed by atoms with Gasteiger partial charge in [-0.15, -0.1) is 0 Å². The van der Waals surface area contributed by atoms with Crippen LogP contribution in [0.4, 0.5) is 10.1 Å². The van der Waals surface area contributed by atoms with Crippen LogP contribution in [-0.4, -0.2) is 32.7 Å². The summed E-state index contributed by atoms with van der Waals surface area (Å²) in [7, 11) is 1.54. The van der Waals surface area contributed by atoms with Crippen molar-refractivity contribution in [3.05, 3.63) is 69.7 Å². The van der Waals surface area contributed by atoms with E-state index in [1.54, 1.807) is 27.0 Å². The van der Waals surface area contributed by atoms with E-state index in [2.05, 4.69) is 15.1 Å². The van der Waals surface area contributed by atoms with Gasteiger partial charge in [-0.2, -0.15) is 4.68 Å². The minimum absolute atomic E-state index is 0.0829. The molecule has 0 unspecified atom stereocenters. The third kappa shape index (κ3) is 3.32. The topological polar surface area (TPSA) is 83.9 Å². The normalized spacial score (nSPS) is 10.7. The summed E-state index contributed by atoms with van der Waals surface area (Å²) >= 11 is 0. The first-order valence-corrected chi connectivity index (χ1v) is 7.53. The molecule has 0 saturated carbocycles. The fraction of sp³-hybridized carbons (Fsp3) is 0.176. The molecule has 7 nitrogen and oxygen atoms in total. The lowest BCUT2D eigenvalue weighted by atomic mass is 10.2. The number of hydrogen-bond donors (Lipinski definition) is 1. The number of aryl methyl sites for hydroxylation is 2. The van der Waals surface area contributed by atoms with Gasteiger partial charge in [-0.05, 0) is 44.2 Å². The van der Waals surface area contributed by atoms with Gasteiger partial charge >= 0.3 is 0 Å². The lowest BCUT2D eigenvalue weighted by molar-refractivity contribution is 0.0988. The maximum absolute atomic E-state index is 13.0. The van der Waals surface area contributed by atoms with Crippen LogP contribution in [0.2, 0.25) is 0 Å². The van der Waals surface area contributed by atoms with E-state index in [-0.39, 0.29) is 11.6 Å². The highest BCUT2D eigenvalue weighted by Gasteiger charge is 2.18. The molecular formula is C17H16FN5O2. The van der Waals surface area contributed by atoms with Crippen molar-refractivity contribution in [3.63, 3.8) is 0 Å². The Bertz CT molecular complexity index is 971. The summed E-state index contributed by atoms with van der Waals surface area (Å²) < 4.78 is 14.1. The number of benzene rings is 1. The summed E-state index contributed by atoms with van der Waals surface area (Å²) in [5.74, 6) is -0.658. The summed E-state index contributed by atoms with van der Waals surface area (Å²) in [6.07, 6.45) is 0. The number of rotatable bonds is 3. The highest BCUT2D eigenvalue weighted by molar-refractivity contribution is 6.04. The molecule has 0 fully saturated rings.